The largest absolute Gasteiger partial charge is 0.493 e. The molecule has 1 aromatic carbocycles. The third-order valence-corrected chi connectivity index (χ3v) is 3.92. The van der Waals surface area contributed by atoms with Crippen molar-refractivity contribution < 1.29 is 13.9 Å². The Morgan fingerprint density at radius 3 is 2.43 bits per heavy atom. The van der Waals surface area contributed by atoms with E-state index in [1.54, 1.807) is 13.2 Å². The molecular weight excluding hydrogens is 271 g/mol. The van der Waals surface area contributed by atoms with E-state index in [2.05, 4.69) is 10.2 Å². The van der Waals surface area contributed by atoms with E-state index in [0.29, 0.717) is 23.6 Å². The van der Waals surface area contributed by atoms with Crippen LogP contribution in [0.2, 0.25) is 0 Å². The van der Waals surface area contributed by atoms with Crippen molar-refractivity contribution in [3.8, 4) is 11.5 Å². The van der Waals surface area contributed by atoms with Gasteiger partial charge in [-0.05, 0) is 32.0 Å². The molecule has 0 saturated carbocycles. The molecule has 1 fully saturated rings. The van der Waals surface area contributed by atoms with Gasteiger partial charge in [0.15, 0.2) is 11.5 Å². The average Bonchev–Trinajstić information content (AvgIpc) is 2.53. The molecule has 1 N–H and O–H groups in total. The van der Waals surface area contributed by atoms with Gasteiger partial charge in [0.05, 0.1) is 14.2 Å². The number of halogens is 1. The number of nitrogens with one attached hydrogen (secondary N) is 1. The van der Waals surface area contributed by atoms with Gasteiger partial charge in [0.2, 0.25) is 0 Å². The summed E-state index contributed by atoms with van der Waals surface area (Å²) < 4.78 is 24.2. The van der Waals surface area contributed by atoms with E-state index in [9.17, 15) is 4.39 Å². The van der Waals surface area contributed by atoms with Crippen LogP contribution in [0.5, 0.6) is 11.5 Å². The van der Waals surface area contributed by atoms with Gasteiger partial charge in [0.25, 0.3) is 0 Å². The number of benzene rings is 1. The Labute approximate surface area is 126 Å². The monoisotopic (exact) mass is 296 g/mol. The number of piperidine rings is 1. The lowest BCUT2D eigenvalue weighted by molar-refractivity contribution is 0.229. The molecule has 1 aromatic rings. The quantitative estimate of drug-likeness (QED) is 0.784. The summed E-state index contributed by atoms with van der Waals surface area (Å²) in [5.41, 5.74) is 0.603. The topological polar surface area (TPSA) is 33.7 Å². The fourth-order valence-electron chi connectivity index (χ4n) is 2.67. The fourth-order valence-corrected chi connectivity index (χ4v) is 2.67. The molecule has 0 bridgehead atoms. The minimum absolute atomic E-state index is 0.266. The zero-order valence-electron chi connectivity index (χ0n) is 13.0. The maximum absolute atomic E-state index is 13.9. The summed E-state index contributed by atoms with van der Waals surface area (Å²) in [5.74, 6) is 0.719. The number of nitrogens with zero attached hydrogens (tertiary/aromatic N) is 1. The second kappa shape index (κ2) is 8.20. The Kier molecular flexibility index (Phi) is 6.26. The van der Waals surface area contributed by atoms with Crippen LogP contribution in [0.15, 0.2) is 12.1 Å². The molecule has 1 saturated heterocycles. The first-order valence-corrected chi connectivity index (χ1v) is 7.58. The first-order valence-electron chi connectivity index (χ1n) is 7.58. The molecule has 21 heavy (non-hydrogen) atoms. The highest BCUT2D eigenvalue weighted by Gasteiger charge is 2.12. The molecule has 4 nitrogen and oxygen atoms in total. The van der Waals surface area contributed by atoms with E-state index in [0.717, 1.165) is 13.1 Å². The van der Waals surface area contributed by atoms with Crippen molar-refractivity contribution in [3.63, 3.8) is 0 Å². The summed E-state index contributed by atoms with van der Waals surface area (Å²) in [5, 5.41) is 3.30. The summed E-state index contributed by atoms with van der Waals surface area (Å²) in [4.78, 5) is 2.46. The van der Waals surface area contributed by atoms with Gasteiger partial charge in [0, 0.05) is 31.3 Å². The van der Waals surface area contributed by atoms with Gasteiger partial charge in [-0.2, -0.15) is 0 Å². The molecule has 0 aromatic heterocycles. The third kappa shape index (κ3) is 4.58. The molecule has 2 rings (SSSR count). The van der Waals surface area contributed by atoms with Crippen LogP contribution in [0.25, 0.3) is 0 Å². The number of hydrogen-bond donors (Lipinski definition) is 1. The van der Waals surface area contributed by atoms with E-state index < -0.39 is 0 Å². The van der Waals surface area contributed by atoms with Crippen molar-refractivity contribution in [3.05, 3.63) is 23.5 Å². The second-order valence-corrected chi connectivity index (χ2v) is 5.38. The Bertz CT molecular complexity index is 448. The standard InChI is InChI=1S/C16H25FN2O2/c1-20-15-10-13(14(17)11-16(15)21-2)12-18-6-9-19-7-4-3-5-8-19/h10-11,18H,3-9,12H2,1-2H3. The first-order chi connectivity index (χ1) is 10.2. The molecule has 5 heteroatoms. The Hall–Kier alpha value is -1.33. The van der Waals surface area contributed by atoms with Gasteiger partial charge in [-0.15, -0.1) is 0 Å². The molecule has 0 amide bonds. The zero-order valence-corrected chi connectivity index (χ0v) is 13.0. The molecule has 0 aliphatic carbocycles. The van der Waals surface area contributed by atoms with Crippen LogP contribution in [0.3, 0.4) is 0 Å². The van der Waals surface area contributed by atoms with Gasteiger partial charge >= 0.3 is 0 Å². The smallest absolute Gasteiger partial charge is 0.163 e. The van der Waals surface area contributed by atoms with Crippen molar-refractivity contribution in [1.82, 2.24) is 10.2 Å². The summed E-state index contributed by atoms with van der Waals surface area (Å²) in [6, 6.07) is 3.07. The molecule has 118 valence electrons. The van der Waals surface area contributed by atoms with Gasteiger partial charge in [-0.1, -0.05) is 6.42 Å². The zero-order chi connectivity index (χ0) is 15.1. The van der Waals surface area contributed by atoms with Crippen molar-refractivity contribution in [2.45, 2.75) is 25.8 Å². The van der Waals surface area contributed by atoms with Crippen molar-refractivity contribution in [1.29, 1.82) is 0 Å². The van der Waals surface area contributed by atoms with E-state index in [1.807, 2.05) is 0 Å². The second-order valence-electron chi connectivity index (χ2n) is 5.38. The van der Waals surface area contributed by atoms with Crippen LogP contribution in [0, 0.1) is 5.82 Å². The van der Waals surface area contributed by atoms with Crippen LogP contribution in [0.1, 0.15) is 24.8 Å². The van der Waals surface area contributed by atoms with Crippen LogP contribution in [-0.2, 0) is 6.54 Å². The summed E-state index contributed by atoms with van der Waals surface area (Å²) in [7, 11) is 3.07. The fraction of sp³-hybridized carbons (Fsp3) is 0.625. The maximum Gasteiger partial charge on any atom is 0.163 e. The van der Waals surface area contributed by atoms with E-state index in [1.165, 1.54) is 45.5 Å². The Balaban J connectivity index is 1.82. The summed E-state index contributed by atoms with van der Waals surface area (Å²) in [6.07, 6.45) is 3.94. The number of hydrogen-bond acceptors (Lipinski definition) is 4. The predicted octanol–water partition coefficient (Wildman–Crippen LogP) is 2.42. The van der Waals surface area contributed by atoms with Gasteiger partial charge in [0.1, 0.15) is 5.82 Å². The molecule has 1 heterocycles. The van der Waals surface area contributed by atoms with Crippen molar-refractivity contribution in [2.75, 3.05) is 40.4 Å². The Morgan fingerprint density at radius 2 is 1.76 bits per heavy atom. The van der Waals surface area contributed by atoms with E-state index in [4.69, 9.17) is 9.47 Å². The minimum Gasteiger partial charge on any atom is -0.493 e. The maximum atomic E-state index is 13.9. The molecule has 0 atom stereocenters. The van der Waals surface area contributed by atoms with Gasteiger partial charge < -0.3 is 19.7 Å². The number of ether oxygens (including phenoxy) is 2. The molecule has 0 unspecified atom stereocenters. The summed E-state index contributed by atoms with van der Waals surface area (Å²) in [6.45, 7) is 4.77. The highest BCUT2D eigenvalue weighted by atomic mass is 19.1. The minimum atomic E-state index is -0.266. The Morgan fingerprint density at radius 1 is 1.10 bits per heavy atom. The highest BCUT2D eigenvalue weighted by Crippen LogP contribution is 2.29. The normalized spacial score (nSPS) is 16.0. The van der Waals surface area contributed by atoms with E-state index >= 15 is 0 Å². The average molecular weight is 296 g/mol. The molecule has 0 radical (unpaired) electrons. The molecule has 1 aliphatic rings. The molecule has 0 spiro atoms. The van der Waals surface area contributed by atoms with Crippen LogP contribution < -0.4 is 14.8 Å². The number of likely N-dealkylation sites (tertiary alicyclic amines) is 1. The molecule has 1 aliphatic heterocycles. The predicted molar refractivity (Wildman–Crippen MR) is 81.5 cm³/mol. The SMILES string of the molecule is COc1cc(F)c(CNCCN2CCCCC2)cc1OC. The lowest BCUT2D eigenvalue weighted by atomic mass is 10.1. The lowest BCUT2D eigenvalue weighted by Crippen LogP contribution is -2.35. The van der Waals surface area contributed by atoms with Gasteiger partial charge in [-0.25, -0.2) is 4.39 Å². The highest BCUT2D eigenvalue weighted by molar-refractivity contribution is 5.43. The van der Waals surface area contributed by atoms with Gasteiger partial charge in [-0.3, -0.25) is 0 Å². The molecular formula is C16H25FN2O2. The third-order valence-electron chi connectivity index (χ3n) is 3.92. The van der Waals surface area contributed by atoms with E-state index in [-0.39, 0.29) is 5.82 Å². The van der Waals surface area contributed by atoms with Crippen LogP contribution in [0.4, 0.5) is 4.39 Å². The van der Waals surface area contributed by atoms with Crippen molar-refractivity contribution in [2.24, 2.45) is 0 Å². The van der Waals surface area contributed by atoms with Crippen LogP contribution >= 0.6 is 0 Å². The first kappa shape index (κ1) is 16.0. The summed E-state index contributed by atoms with van der Waals surface area (Å²) >= 11 is 0. The number of methoxy groups -OCH3 is 2. The number of rotatable bonds is 7. The van der Waals surface area contributed by atoms with Crippen molar-refractivity contribution >= 4 is 0 Å². The lowest BCUT2D eigenvalue weighted by Gasteiger charge is -2.26. The van der Waals surface area contributed by atoms with Crippen LogP contribution in [-0.4, -0.2) is 45.3 Å².